The minimum absolute atomic E-state index is 0.355. The molecule has 2 aromatic carbocycles. The van der Waals surface area contributed by atoms with E-state index in [9.17, 15) is 4.79 Å². The second-order valence-electron chi connectivity index (χ2n) is 5.53. The Hall–Kier alpha value is -2.57. The molecule has 1 aromatic heterocycles. The number of carbonyl (C=O) groups is 1. The van der Waals surface area contributed by atoms with Crippen LogP contribution in [0.2, 0.25) is 5.02 Å². The zero-order chi connectivity index (χ0) is 18.7. The van der Waals surface area contributed by atoms with Gasteiger partial charge < -0.3 is 9.47 Å². The number of amides is 1. The van der Waals surface area contributed by atoms with Crippen LogP contribution in [0.4, 0.5) is 0 Å². The van der Waals surface area contributed by atoms with Crippen LogP contribution in [0.3, 0.4) is 0 Å². The summed E-state index contributed by atoms with van der Waals surface area (Å²) in [6.07, 6.45) is 1.50. The van der Waals surface area contributed by atoms with Gasteiger partial charge in [0.1, 0.15) is 4.88 Å². The molecule has 3 rings (SSSR count). The Bertz CT molecular complexity index is 998. The Kier molecular flexibility index (Phi) is 5.44. The Morgan fingerprint density at radius 1 is 1.23 bits per heavy atom. The molecule has 7 heteroatoms. The molecule has 0 saturated carbocycles. The highest BCUT2D eigenvalue weighted by Gasteiger charge is 2.17. The van der Waals surface area contributed by atoms with Gasteiger partial charge in [0, 0.05) is 15.6 Å². The molecule has 0 saturated heterocycles. The molecule has 0 aliphatic rings. The van der Waals surface area contributed by atoms with Crippen molar-refractivity contribution in [2.24, 2.45) is 5.10 Å². The van der Waals surface area contributed by atoms with Crippen molar-refractivity contribution in [3.8, 4) is 11.5 Å². The molecular formula is C19H17ClN2O3S. The third-order valence-electron chi connectivity index (χ3n) is 3.79. The second kappa shape index (κ2) is 7.76. The third kappa shape index (κ3) is 3.52. The molecule has 1 N–H and O–H groups in total. The van der Waals surface area contributed by atoms with Crippen molar-refractivity contribution in [1.29, 1.82) is 0 Å². The average Bonchev–Trinajstić information content (AvgIpc) is 2.97. The summed E-state index contributed by atoms with van der Waals surface area (Å²) in [4.78, 5) is 12.9. The summed E-state index contributed by atoms with van der Waals surface area (Å²) in [6.45, 7) is 2.00. The van der Waals surface area contributed by atoms with Gasteiger partial charge in [-0.05, 0) is 30.7 Å². The Balaban J connectivity index is 1.81. The Morgan fingerprint density at radius 2 is 2.04 bits per heavy atom. The summed E-state index contributed by atoms with van der Waals surface area (Å²) < 4.78 is 11.5. The number of carbonyl (C=O) groups excluding carboxylic acids is 1. The summed E-state index contributed by atoms with van der Waals surface area (Å²) in [6, 6.07) is 11.3. The number of aryl methyl sites for hydroxylation is 1. The standard InChI is InChI=1S/C19H17ClN2O3S/c1-11-7-8-13-15(9-11)26-18(16(13)20)19(23)22-21-10-12-5-4-6-14(24-2)17(12)25-3/h4-10H,1-3H3,(H,22,23)/b21-10+. The number of rotatable bonds is 5. The van der Waals surface area contributed by atoms with Crippen LogP contribution in [0.5, 0.6) is 11.5 Å². The molecule has 0 bridgehead atoms. The smallest absolute Gasteiger partial charge is 0.283 e. The number of hydrazone groups is 1. The number of methoxy groups -OCH3 is 2. The van der Waals surface area contributed by atoms with Crippen molar-refractivity contribution in [1.82, 2.24) is 5.43 Å². The normalized spacial score (nSPS) is 11.1. The molecule has 0 unspecified atom stereocenters. The number of nitrogens with zero attached hydrogens (tertiary/aromatic N) is 1. The topological polar surface area (TPSA) is 59.9 Å². The lowest BCUT2D eigenvalue weighted by Crippen LogP contribution is -2.16. The fourth-order valence-electron chi connectivity index (χ4n) is 2.54. The Labute approximate surface area is 160 Å². The van der Waals surface area contributed by atoms with E-state index >= 15 is 0 Å². The first-order valence-corrected chi connectivity index (χ1v) is 8.97. The minimum Gasteiger partial charge on any atom is -0.493 e. The zero-order valence-electron chi connectivity index (χ0n) is 14.5. The largest absolute Gasteiger partial charge is 0.493 e. The van der Waals surface area contributed by atoms with Gasteiger partial charge in [-0.3, -0.25) is 4.79 Å². The molecule has 3 aromatic rings. The maximum atomic E-state index is 12.4. The van der Waals surface area contributed by atoms with Crippen LogP contribution in [0.1, 0.15) is 20.8 Å². The molecule has 0 fully saturated rings. The quantitative estimate of drug-likeness (QED) is 0.511. The summed E-state index contributed by atoms with van der Waals surface area (Å²) in [7, 11) is 3.11. The predicted molar refractivity (Wildman–Crippen MR) is 106 cm³/mol. The number of fused-ring (bicyclic) bond motifs is 1. The highest BCUT2D eigenvalue weighted by molar-refractivity contribution is 7.21. The second-order valence-corrected chi connectivity index (χ2v) is 6.96. The fourth-order valence-corrected chi connectivity index (χ4v) is 4.05. The van der Waals surface area contributed by atoms with Crippen molar-refractivity contribution in [2.75, 3.05) is 14.2 Å². The highest BCUT2D eigenvalue weighted by atomic mass is 35.5. The van der Waals surface area contributed by atoms with E-state index in [0.29, 0.717) is 27.0 Å². The van der Waals surface area contributed by atoms with Gasteiger partial charge in [-0.25, -0.2) is 5.43 Å². The molecule has 5 nitrogen and oxygen atoms in total. The third-order valence-corrected chi connectivity index (χ3v) is 5.45. The van der Waals surface area contributed by atoms with E-state index in [-0.39, 0.29) is 5.91 Å². The average molecular weight is 389 g/mol. The van der Waals surface area contributed by atoms with Crippen molar-refractivity contribution in [3.05, 3.63) is 57.4 Å². The molecule has 26 heavy (non-hydrogen) atoms. The number of hydrogen-bond donors (Lipinski definition) is 1. The van der Waals surface area contributed by atoms with Crippen LogP contribution < -0.4 is 14.9 Å². The molecule has 0 aliphatic carbocycles. The van der Waals surface area contributed by atoms with Crippen LogP contribution in [0.15, 0.2) is 41.5 Å². The van der Waals surface area contributed by atoms with Crippen LogP contribution in [-0.2, 0) is 0 Å². The SMILES string of the molecule is COc1cccc(/C=N/NC(=O)c2sc3cc(C)ccc3c2Cl)c1OC. The maximum Gasteiger partial charge on any atom is 0.283 e. The lowest BCUT2D eigenvalue weighted by molar-refractivity contribution is 0.0959. The van der Waals surface area contributed by atoms with Crippen molar-refractivity contribution in [3.63, 3.8) is 0 Å². The lowest BCUT2D eigenvalue weighted by atomic mass is 10.2. The first-order valence-electron chi connectivity index (χ1n) is 7.78. The zero-order valence-corrected chi connectivity index (χ0v) is 16.1. The van der Waals surface area contributed by atoms with E-state index in [4.69, 9.17) is 21.1 Å². The first-order chi connectivity index (χ1) is 12.5. The fraction of sp³-hybridized carbons (Fsp3) is 0.158. The summed E-state index contributed by atoms with van der Waals surface area (Å²) in [5.74, 6) is 0.779. The molecule has 134 valence electrons. The predicted octanol–water partition coefficient (Wildman–Crippen LogP) is 4.64. The number of nitrogens with one attached hydrogen (secondary N) is 1. The molecule has 0 atom stereocenters. The van der Waals surface area contributed by atoms with Crippen molar-refractivity contribution < 1.29 is 14.3 Å². The summed E-state index contributed by atoms with van der Waals surface area (Å²) in [5, 5.41) is 5.33. The van der Waals surface area contributed by atoms with E-state index in [1.54, 1.807) is 20.3 Å². The monoisotopic (exact) mass is 388 g/mol. The summed E-state index contributed by atoms with van der Waals surface area (Å²) in [5.41, 5.74) is 4.31. The van der Waals surface area contributed by atoms with Gasteiger partial charge in [-0.2, -0.15) is 5.10 Å². The van der Waals surface area contributed by atoms with Gasteiger partial charge in [0.25, 0.3) is 5.91 Å². The van der Waals surface area contributed by atoms with Crippen molar-refractivity contribution >= 4 is 45.1 Å². The van der Waals surface area contributed by atoms with Crippen LogP contribution in [0, 0.1) is 6.92 Å². The number of para-hydroxylation sites is 1. The van der Waals surface area contributed by atoms with Crippen LogP contribution in [0.25, 0.3) is 10.1 Å². The summed E-state index contributed by atoms with van der Waals surface area (Å²) >= 11 is 7.69. The van der Waals surface area contributed by atoms with E-state index in [1.165, 1.54) is 17.6 Å². The van der Waals surface area contributed by atoms with Gasteiger partial charge in [0.05, 0.1) is 25.5 Å². The number of benzene rings is 2. The van der Waals surface area contributed by atoms with E-state index in [2.05, 4.69) is 10.5 Å². The molecule has 1 heterocycles. The number of ether oxygens (including phenoxy) is 2. The van der Waals surface area contributed by atoms with E-state index < -0.39 is 0 Å². The number of hydrogen-bond acceptors (Lipinski definition) is 5. The molecule has 0 aliphatic heterocycles. The first kappa shape index (κ1) is 18.2. The lowest BCUT2D eigenvalue weighted by Gasteiger charge is -2.09. The van der Waals surface area contributed by atoms with Crippen LogP contribution >= 0.6 is 22.9 Å². The molecule has 1 amide bonds. The van der Waals surface area contributed by atoms with E-state index in [1.807, 2.05) is 37.3 Å². The Morgan fingerprint density at radius 3 is 2.77 bits per heavy atom. The number of halogens is 1. The molecular weight excluding hydrogens is 372 g/mol. The van der Waals surface area contributed by atoms with Crippen LogP contribution in [-0.4, -0.2) is 26.3 Å². The van der Waals surface area contributed by atoms with Gasteiger partial charge in [-0.15, -0.1) is 11.3 Å². The van der Waals surface area contributed by atoms with E-state index in [0.717, 1.165) is 15.6 Å². The number of thiophene rings is 1. The minimum atomic E-state index is -0.355. The van der Waals surface area contributed by atoms with Gasteiger partial charge >= 0.3 is 0 Å². The van der Waals surface area contributed by atoms with Crippen molar-refractivity contribution in [2.45, 2.75) is 6.92 Å². The molecule has 0 spiro atoms. The molecule has 0 radical (unpaired) electrons. The van der Waals surface area contributed by atoms with Gasteiger partial charge in [0.2, 0.25) is 0 Å². The van der Waals surface area contributed by atoms with Gasteiger partial charge in [0.15, 0.2) is 11.5 Å². The maximum absolute atomic E-state index is 12.4. The highest BCUT2D eigenvalue weighted by Crippen LogP contribution is 2.35. The van der Waals surface area contributed by atoms with Gasteiger partial charge in [-0.1, -0.05) is 29.8 Å².